The summed E-state index contributed by atoms with van der Waals surface area (Å²) in [5.74, 6) is 1.89. The summed E-state index contributed by atoms with van der Waals surface area (Å²) < 4.78 is 5.78. The summed E-state index contributed by atoms with van der Waals surface area (Å²) in [5, 5.41) is 0. The van der Waals surface area contributed by atoms with Gasteiger partial charge in [0.25, 0.3) is 0 Å². The number of esters is 1. The highest BCUT2D eigenvalue weighted by atomic mass is 16.6. The van der Waals surface area contributed by atoms with Gasteiger partial charge in [-0.3, -0.25) is 4.79 Å². The Morgan fingerprint density at radius 1 is 1.26 bits per heavy atom. The maximum absolute atomic E-state index is 11.5. The van der Waals surface area contributed by atoms with Gasteiger partial charge >= 0.3 is 5.97 Å². The molecule has 0 aromatic carbocycles. The zero-order chi connectivity index (χ0) is 14.0. The molecule has 106 valence electrons. The smallest absolute Gasteiger partial charge is 0.303 e. The minimum Gasteiger partial charge on any atom is -0.459 e. The van der Waals surface area contributed by atoms with Crippen molar-refractivity contribution in [1.29, 1.82) is 0 Å². The van der Waals surface area contributed by atoms with E-state index in [-0.39, 0.29) is 11.6 Å². The molecule has 0 spiro atoms. The van der Waals surface area contributed by atoms with Crippen molar-refractivity contribution in [2.45, 2.75) is 65.9 Å². The van der Waals surface area contributed by atoms with E-state index >= 15 is 0 Å². The molecule has 3 aliphatic carbocycles. The Hall–Kier alpha value is -0.790. The molecule has 0 N–H and O–H groups in total. The summed E-state index contributed by atoms with van der Waals surface area (Å²) in [6.45, 7) is 10.8. The second-order valence-electron chi connectivity index (χ2n) is 7.68. The molecule has 2 fully saturated rings. The van der Waals surface area contributed by atoms with Crippen molar-refractivity contribution >= 4 is 5.97 Å². The highest BCUT2D eigenvalue weighted by Crippen LogP contribution is 2.70. The van der Waals surface area contributed by atoms with Gasteiger partial charge in [0, 0.05) is 12.8 Å². The monoisotopic (exact) mass is 262 g/mol. The average molecular weight is 262 g/mol. The fraction of sp³-hybridized carbons (Fsp3) is 0.824. The van der Waals surface area contributed by atoms with Gasteiger partial charge in [-0.25, -0.2) is 0 Å². The minimum atomic E-state index is -0.261. The Morgan fingerprint density at radius 2 is 1.95 bits per heavy atom. The van der Waals surface area contributed by atoms with Crippen molar-refractivity contribution in [2.75, 3.05) is 0 Å². The van der Waals surface area contributed by atoms with E-state index in [1.165, 1.54) is 19.3 Å². The Balaban J connectivity index is 1.98. The number of carbonyl (C=O) groups is 1. The normalized spacial score (nSPS) is 43.3. The van der Waals surface area contributed by atoms with Crippen molar-refractivity contribution in [3.8, 4) is 0 Å². The second kappa shape index (κ2) is 3.86. The molecule has 19 heavy (non-hydrogen) atoms. The molecule has 0 saturated heterocycles. The van der Waals surface area contributed by atoms with Crippen molar-refractivity contribution in [1.82, 2.24) is 0 Å². The lowest BCUT2D eigenvalue weighted by Gasteiger charge is -2.36. The Labute approximate surface area is 116 Å². The Bertz CT molecular complexity index is 460. The van der Waals surface area contributed by atoms with Crippen LogP contribution in [-0.4, -0.2) is 11.6 Å². The van der Waals surface area contributed by atoms with Crippen molar-refractivity contribution in [3.63, 3.8) is 0 Å². The fourth-order valence-electron chi connectivity index (χ4n) is 5.04. The summed E-state index contributed by atoms with van der Waals surface area (Å²) in [7, 11) is 0. The summed E-state index contributed by atoms with van der Waals surface area (Å²) >= 11 is 0. The molecule has 0 aromatic heterocycles. The van der Waals surface area contributed by atoms with Crippen LogP contribution in [0.5, 0.6) is 0 Å². The average Bonchev–Trinajstić information content (AvgIpc) is 2.63. The number of ether oxygens (including phenoxy) is 1. The molecule has 0 aromatic rings. The van der Waals surface area contributed by atoms with Crippen LogP contribution in [0.15, 0.2) is 11.1 Å². The lowest BCUT2D eigenvalue weighted by atomic mass is 9.78. The van der Waals surface area contributed by atoms with Gasteiger partial charge in [0.2, 0.25) is 0 Å². The van der Waals surface area contributed by atoms with Crippen molar-refractivity contribution in [2.24, 2.45) is 23.2 Å². The van der Waals surface area contributed by atoms with Gasteiger partial charge in [-0.2, -0.15) is 0 Å². The fourth-order valence-corrected chi connectivity index (χ4v) is 5.04. The number of carbonyl (C=O) groups excluding carboxylic acids is 1. The van der Waals surface area contributed by atoms with E-state index in [0.29, 0.717) is 11.3 Å². The molecular formula is C17H26O2. The highest BCUT2D eigenvalue weighted by molar-refractivity contribution is 5.66. The van der Waals surface area contributed by atoms with Crippen LogP contribution in [0.2, 0.25) is 0 Å². The van der Waals surface area contributed by atoms with Gasteiger partial charge in [0.15, 0.2) is 0 Å². The molecule has 0 radical (unpaired) electrons. The summed E-state index contributed by atoms with van der Waals surface area (Å²) in [4.78, 5) is 11.5. The zero-order valence-electron chi connectivity index (χ0n) is 12.9. The molecule has 0 heterocycles. The van der Waals surface area contributed by atoms with Gasteiger partial charge in [-0.05, 0) is 56.8 Å². The summed E-state index contributed by atoms with van der Waals surface area (Å²) in [6.07, 6.45) is 4.59. The first-order chi connectivity index (χ1) is 8.77. The van der Waals surface area contributed by atoms with Crippen LogP contribution in [0.1, 0.15) is 60.3 Å². The lowest BCUT2D eigenvalue weighted by Crippen LogP contribution is -2.39. The molecule has 3 aliphatic rings. The minimum absolute atomic E-state index is 0.124. The van der Waals surface area contributed by atoms with Crippen LogP contribution in [0.25, 0.3) is 0 Å². The van der Waals surface area contributed by atoms with Crippen LogP contribution >= 0.6 is 0 Å². The van der Waals surface area contributed by atoms with Crippen LogP contribution < -0.4 is 0 Å². The highest BCUT2D eigenvalue weighted by Gasteiger charge is 2.64. The quantitative estimate of drug-likeness (QED) is 0.525. The van der Waals surface area contributed by atoms with Crippen LogP contribution in [0.4, 0.5) is 0 Å². The van der Waals surface area contributed by atoms with E-state index in [9.17, 15) is 4.79 Å². The number of hydrogen-bond donors (Lipinski definition) is 0. The first-order valence-corrected chi connectivity index (χ1v) is 7.66. The molecule has 4 atom stereocenters. The summed E-state index contributed by atoms with van der Waals surface area (Å²) in [5.41, 5.74) is 3.43. The Morgan fingerprint density at radius 3 is 2.58 bits per heavy atom. The molecule has 0 unspecified atom stereocenters. The van der Waals surface area contributed by atoms with E-state index in [2.05, 4.69) is 27.7 Å². The van der Waals surface area contributed by atoms with Crippen LogP contribution in [0.3, 0.4) is 0 Å². The first kappa shape index (κ1) is 13.2. The maximum Gasteiger partial charge on any atom is 0.303 e. The van der Waals surface area contributed by atoms with E-state index < -0.39 is 0 Å². The predicted octanol–water partition coefficient (Wildman–Crippen LogP) is 4.10. The number of hydrogen-bond acceptors (Lipinski definition) is 2. The molecule has 2 saturated carbocycles. The van der Waals surface area contributed by atoms with Gasteiger partial charge in [-0.1, -0.05) is 25.0 Å². The van der Waals surface area contributed by atoms with Gasteiger partial charge < -0.3 is 4.74 Å². The third-order valence-corrected chi connectivity index (χ3v) is 6.13. The SMILES string of the molecule is CC(=O)O[C@@]1(C)CC[C@@H]2[C@H](C3=C(C)CC[C@H]31)C2(C)C. The van der Waals surface area contributed by atoms with E-state index in [1.807, 2.05) is 0 Å². The van der Waals surface area contributed by atoms with Gasteiger partial charge in [0.05, 0.1) is 0 Å². The number of allylic oxidation sites excluding steroid dienone is 1. The third-order valence-electron chi connectivity index (χ3n) is 6.13. The van der Waals surface area contributed by atoms with E-state index in [1.54, 1.807) is 18.1 Å². The van der Waals surface area contributed by atoms with Crippen LogP contribution in [-0.2, 0) is 9.53 Å². The lowest BCUT2D eigenvalue weighted by molar-refractivity contribution is -0.160. The largest absolute Gasteiger partial charge is 0.459 e. The maximum atomic E-state index is 11.5. The van der Waals surface area contributed by atoms with Gasteiger partial charge in [-0.15, -0.1) is 0 Å². The van der Waals surface area contributed by atoms with E-state index in [4.69, 9.17) is 4.74 Å². The molecule has 0 aliphatic heterocycles. The predicted molar refractivity (Wildman–Crippen MR) is 75.6 cm³/mol. The van der Waals surface area contributed by atoms with Crippen molar-refractivity contribution in [3.05, 3.63) is 11.1 Å². The molecule has 3 rings (SSSR count). The Kier molecular flexibility index (Phi) is 2.69. The molecule has 0 bridgehead atoms. The third kappa shape index (κ3) is 1.79. The second-order valence-corrected chi connectivity index (χ2v) is 7.68. The number of fused-ring (bicyclic) bond motifs is 3. The molecule has 2 heteroatoms. The van der Waals surface area contributed by atoms with Gasteiger partial charge in [0.1, 0.15) is 5.60 Å². The summed E-state index contributed by atoms with van der Waals surface area (Å²) in [6, 6.07) is 0. The number of rotatable bonds is 1. The zero-order valence-corrected chi connectivity index (χ0v) is 12.9. The van der Waals surface area contributed by atoms with Crippen LogP contribution in [0, 0.1) is 23.2 Å². The molecule has 0 amide bonds. The standard InChI is InChI=1S/C17H26O2/c1-10-6-7-12-14(10)15-13(16(15,3)4)8-9-17(12,5)19-11(2)18/h12-13,15H,6-9H2,1-5H3/t12-,13-,15-,17+/m1/s1. The molecular weight excluding hydrogens is 236 g/mol. The van der Waals surface area contributed by atoms with E-state index in [0.717, 1.165) is 18.3 Å². The topological polar surface area (TPSA) is 26.3 Å². The molecule has 2 nitrogen and oxygen atoms in total. The first-order valence-electron chi connectivity index (χ1n) is 7.66. The van der Waals surface area contributed by atoms with Crippen molar-refractivity contribution < 1.29 is 9.53 Å².